The Hall–Kier alpha value is -1.44. The number of hydrogen-bond donors (Lipinski definition) is 2. The highest BCUT2D eigenvalue weighted by Gasteiger charge is 2.09. The fourth-order valence-electron chi connectivity index (χ4n) is 2.10. The van der Waals surface area contributed by atoms with Crippen LogP contribution in [0.3, 0.4) is 0 Å². The summed E-state index contributed by atoms with van der Waals surface area (Å²) < 4.78 is 5.34. The lowest BCUT2D eigenvalue weighted by molar-refractivity contribution is 0.0398. The standard InChI is InChI=1S/C14H26N6O/c1-19(2)7-5-17-14-16-4-3-13(18-14)15-6-8-20-9-11-21-12-10-20/h3-4H,5-12H2,1-2H3,(H2,15,16,17,18). The van der Waals surface area contributed by atoms with Crippen LogP contribution in [0, 0.1) is 0 Å². The van der Waals surface area contributed by atoms with Gasteiger partial charge in [-0.3, -0.25) is 4.90 Å². The zero-order valence-corrected chi connectivity index (χ0v) is 13.0. The number of rotatable bonds is 8. The fraction of sp³-hybridized carbons (Fsp3) is 0.714. The van der Waals surface area contributed by atoms with E-state index in [0.717, 1.165) is 58.3 Å². The van der Waals surface area contributed by atoms with E-state index in [2.05, 4.69) is 30.4 Å². The summed E-state index contributed by atoms with van der Waals surface area (Å²) in [6.07, 6.45) is 1.78. The van der Waals surface area contributed by atoms with Crippen molar-refractivity contribution < 1.29 is 4.74 Å². The van der Waals surface area contributed by atoms with Crippen molar-refractivity contribution in [1.82, 2.24) is 19.8 Å². The lowest BCUT2D eigenvalue weighted by Gasteiger charge is -2.26. The molecule has 118 valence electrons. The minimum Gasteiger partial charge on any atom is -0.379 e. The molecule has 0 amide bonds. The molecule has 7 heteroatoms. The second-order valence-electron chi connectivity index (χ2n) is 5.38. The average molecular weight is 294 g/mol. The van der Waals surface area contributed by atoms with Gasteiger partial charge in [0.2, 0.25) is 5.95 Å². The molecule has 2 heterocycles. The first-order valence-corrected chi connectivity index (χ1v) is 7.49. The molecule has 0 radical (unpaired) electrons. The van der Waals surface area contributed by atoms with Gasteiger partial charge in [0.15, 0.2) is 0 Å². The van der Waals surface area contributed by atoms with Gasteiger partial charge < -0.3 is 20.3 Å². The number of nitrogens with zero attached hydrogens (tertiary/aromatic N) is 4. The summed E-state index contributed by atoms with van der Waals surface area (Å²) in [6.45, 7) is 7.40. The summed E-state index contributed by atoms with van der Waals surface area (Å²) in [5.41, 5.74) is 0. The van der Waals surface area contributed by atoms with Crippen molar-refractivity contribution in [2.45, 2.75) is 0 Å². The highest BCUT2D eigenvalue weighted by molar-refractivity contribution is 5.39. The molecule has 2 N–H and O–H groups in total. The molecular weight excluding hydrogens is 268 g/mol. The van der Waals surface area contributed by atoms with Crippen LogP contribution in [0.5, 0.6) is 0 Å². The monoisotopic (exact) mass is 294 g/mol. The zero-order valence-electron chi connectivity index (χ0n) is 13.0. The summed E-state index contributed by atoms with van der Waals surface area (Å²) in [5.74, 6) is 1.54. The van der Waals surface area contributed by atoms with Gasteiger partial charge in [-0.15, -0.1) is 0 Å². The van der Waals surface area contributed by atoms with Gasteiger partial charge in [0.1, 0.15) is 5.82 Å². The highest BCUT2D eigenvalue weighted by Crippen LogP contribution is 2.05. The SMILES string of the molecule is CN(C)CCNc1nccc(NCCN2CCOCC2)n1. The maximum Gasteiger partial charge on any atom is 0.224 e. The molecule has 1 saturated heterocycles. The maximum atomic E-state index is 5.34. The molecule has 0 aromatic carbocycles. The van der Waals surface area contributed by atoms with Crippen molar-refractivity contribution >= 4 is 11.8 Å². The van der Waals surface area contributed by atoms with Crippen LogP contribution in [0.4, 0.5) is 11.8 Å². The Labute approximate surface area is 126 Å². The van der Waals surface area contributed by atoms with Gasteiger partial charge in [-0.25, -0.2) is 4.98 Å². The lowest BCUT2D eigenvalue weighted by Crippen LogP contribution is -2.39. The molecule has 0 saturated carbocycles. The third kappa shape index (κ3) is 6.24. The lowest BCUT2D eigenvalue weighted by atomic mass is 10.4. The van der Waals surface area contributed by atoms with Crippen molar-refractivity contribution in [3.63, 3.8) is 0 Å². The Bertz CT molecular complexity index is 408. The minimum absolute atomic E-state index is 0.674. The molecule has 7 nitrogen and oxygen atoms in total. The summed E-state index contributed by atoms with van der Waals surface area (Å²) in [7, 11) is 4.10. The number of likely N-dealkylation sites (N-methyl/N-ethyl adjacent to an activating group) is 1. The number of nitrogens with one attached hydrogen (secondary N) is 2. The van der Waals surface area contributed by atoms with E-state index in [1.54, 1.807) is 6.20 Å². The van der Waals surface area contributed by atoms with Crippen LogP contribution in [0.1, 0.15) is 0 Å². The Balaban J connectivity index is 1.70. The van der Waals surface area contributed by atoms with Crippen molar-refractivity contribution in [3.8, 4) is 0 Å². The quantitative estimate of drug-likeness (QED) is 0.710. The third-order valence-corrected chi connectivity index (χ3v) is 3.34. The first-order chi connectivity index (χ1) is 10.2. The number of ether oxygens (including phenoxy) is 1. The van der Waals surface area contributed by atoms with Crippen LogP contribution >= 0.6 is 0 Å². The maximum absolute atomic E-state index is 5.34. The molecule has 0 aliphatic carbocycles. The van der Waals surface area contributed by atoms with E-state index >= 15 is 0 Å². The topological polar surface area (TPSA) is 65.5 Å². The zero-order chi connectivity index (χ0) is 14.9. The van der Waals surface area contributed by atoms with E-state index in [1.165, 1.54) is 0 Å². The van der Waals surface area contributed by atoms with Gasteiger partial charge in [0.05, 0.1) is 13.2 Å². The normalized spacial score (nSPS) is 16.1. The predicted molar refractivity (Wildman–Crippen MR) is 84.8 cm³/mol. The van der Waals surface area contributed by atoms with E-state index in [9.17, 15) is 0 Å². The fourth-order valence-corrected chi connectivity index (χ4v) is 2.10. The smallest absolute Gasteiger partial charge is 0.224 e. The van der Waals surface area contributed by atoms with E-state index in [0.29, 0.717) is 5.95 Å². The second-order valence-corrected chi connectivity index (χ2v) is 5.38. The van der Waals surface area contributed by atoms with E-state index in [1.807, 2.05) is 20.2 Å². The Morgan fingerprint density at radius 2 is 2.05 bits per heavy atom. The third-order valence-electron chi connectivity index (χ3n) is 3.34. The van der Waals surface area contributed by atoms with Gasteiger partial charge >= 0.3 is 0 Å². The highest BCUT2D eigenvalue weighted by atomic mass is 16.5. The van der Waals surface area contributed by atoms with E-state index in [-0.39, 0.29) is 0 Å². The molecule has 1 aliphatic heterocycles. The molecule has 0 spiro atoms. The van der Waals surface area contributed by atoms with Crippen LogP contribution in [0.25, 0.3) is 0 Å². The van der Waals surface area contributed by atoms with Crippen LogP contribution in [-0.4, -0.2) is 86.3 Å². The largest absolute Gasteiger partial charge is 0.379 e. The summed E-state index contributed by atoms with van der Waals surface area (Å²) in [4.78, 5) is 13.2. The van der Waals surface area contributed by atoms with E-state index < -0.39 is 0 Å². The molecule has 21 heavy (non-hydrogen) atoms. The molecule has 0 atom stereocenters. The average Bonchev–Trinajstić information content (AvgIpc) is 2.48. The Kier molecular flexibility index (Phi) is 6.65. The van der Waals surface area contributed by atoms with Crippen LogP contribution in [0.15, 0.2) is 12.3 Å². The van der Waals surface area contributed by atoms with Crippen LogP contribution < -0.4 is 10.6 Å². The molecule has 1 aromatic heterocycles. The van der Waals surface area contributed by atoms with Crippen LogP contribution in [0.2, 0.25) is 0 Å². The summed E-state index contributed by atoms with van der Waals surface area (Å²) in [5, 5.41) is 6.57. The van der Waals surface area contributed by atoms with Crippen molar-refractivity contribution in [2.75, 3.05) is 77.2 Å². The number of hydrogen-bond acceptors (Lipinski definition) is 7. The number of aromatic nitrogens is 2. The first kappa shape index (κ1) is 15.9. The van der Waals surface area contributed by atoms with Gasteiger partial charge in [0, 0.05) is 45.5 Å². The predicted octanol–water partition coefficient (Wildman–Crippen LogP) is 0.194. The molecule has 1 aliphatic rings. The molecule has 0 bridgehead atoms. The number of morpholine rings is 1. The summed E-state index contributed by atoms with van der Waals surface area (Å²) in [6, 6.07) is 1.90. The Morgan fingerprint density at radius 1 is 1.24 bits per heavy atom. The number of anilines is 2. The van der Waals surface area contributed by atoms with E-state index in [4.69, 9.17) is 4.74 Å². The van der Waals surface area contributed by atoms with Gasteiger partial charge in [-0.05, 0) is 20.2 Å². The summed E-state index contributed by atoms with van der Waals surface area (Å²) >= 11 is 0. The molecule has 2 rings (SSSR count). The van der Waals surface area contributed by atoms with Crippen molar-refractivity contribution in [1.29, 1.82) is 0 Å². The second kappa shape index (κ2) is 8.76. The molecular formula is C14H26N6O. The van der Waals surface area contributed by atoms with Crippen molar-refractivity contribution in [3.05, 3.63) is 12.3 Å². The Morgan fingerprint density at radius 3 is 2.81 bits per heavy atom. The minimum atomic E-state index is 0.674. The molecule has 1 aromatic rings. The first-order valence-electron chi connectivity index (χ1n) is 7.49. The van der Waals surface area contributed by atoms with Gasteiger partial charge in [-0.2, -0.15) is 4.98 Å². The van der Waals surface area contributed by atoms with Gasteiger partial charge in [-0.1, -0.05) is 0 Å². The molecule has 0 unspecified atom stereocenters. The molecule has 1 fully saturated rings. The van der Waals surface area contributed by atoms with Gasteiger partial charge in [0.25, 0.3) is 0 Å². The van der Waals surface area contributed by atoms with Crippen molar-refractivity contribution in [2.24, 2.45) is 0 Å². The van der Waals surface area contributed by atoms with Crippen LogP contribution in [-0.2, 0) is 4.74 Å².